The number of fused-ring (bicyclic) bond motifs is 3. The van der Waals surface area contributed by atoms with E-state index >= 15 is 0 Å². The molecular formula is C13H13N3O. The average Bonchev–Trinajstić information content (AvgIpc) is 2.62. The number of hydrogen-bond donors (Lipinski definition) is 1. The van der Waals surface area contributed by atoms with Crippen molar-refractivity contribution in [3.63, 3.8) is 0 Å². The van der Waals surface area contributed by atoms with Gasteiger partial charge in [0.05, 0.1) is 18.8 Å². The second-order valence-corrected chi connectivity index (χ2v) is 4.07. The molecule has 2 aromatic heterocycles. The lowest BCUT2D eigenvalue weighted by atomic mass is 10.2. The van der Waals surface area contributed by atoms with Gasteiger partial charge in [0.25, 0.3) is 0 Å². The van der Waals surface area contributed by atoms with Gasteiger partial charge in [0.1, 0.15) is 11.6 Å². The number of benzene rings is 1. The zero-order valence-corrected chi connectivity index (χ0v) is 9.77. The first-order valence-electron chi connectivity index (χ1n) is 5.38. The zero-order valence-electron chi connectivity index (χ0n) is 9.77. The van der Waals surface area contributed by atoms with Crippen molar-refractivity contribution < 1.29 is 4.74 Å². The lowest BCUT2D eigenvalue weighted by Crippen LogP contribution is -1.90. The Kier molecular flexibility index (Phi) is 1.98. The number of rotatable bonds is 1. The molecule has 0 radical (unpaired) electrons. The number of nitrogen functional groups attached to an aromatic ring is 1. The molecule has 0 amide bonds. The third kappa shape index (κ3) is 1.34. The van der Waals surface area contributed by atoms with Crippen LogP contribution in [0.15, 0.2) is 30.5 Å². The van der Waals surface area contributed by atoms with E-state index in [1.807, 2.05) is 31.3 Å². The molecule has 0 bridgehead atoms. The Morgan fingerprint density at radius 2 is 1.94 bits per heavy atom. The van der Waals surface area contributed by atoms with Crippen molar-refractivity contribution >= 4 is 27.6 Å². The van der Waals surface area contributed by atoms with E-state index < -0.39 is 0 Å². The van der Waals surface area contributed by atoms with Crippen molar-refractivity contribution in [3.8, 4) is 5.75 Å². The molecular weight excluding hydrogens is 214 g/mol. The van der Waals surface area contributed by atoms with Crippen LogP contribution in [0.5, 0.6) is 5.75 Å². The number of aryl methyl sites for hydroxylation is 1. The summed E-state index contributed by atoms with van der Waals surface area (Å²) in [7, 11) is 3.69. The van der Waals surface area contributed by atoms with Gasteiger partial charge in [-0.25, -0.2) is 4.98 Å². The van der Waals surface area contributed by atoms with E-state index in [2.05, 4.69) is 9.55 Å². The number of ether oxygens (including phenoxy) is 1. The zero-order chi connectivity index (χ0) is 12.0. The second kappa shape index (κ2) is 3.38. The van der Waals surface area contributed by atoms with Gasteiger partial charge in [0.15, 0.2) is 0 Å². The molecule has 0 spiro atoms. The molecule has 0 aliphatic heterocycles. The largest absolute Gasteiger partial charge is 0.497 e. The number of hydrogen-bond acceptors (Lipinski definition) is 3. The van der Waals surface area contributed by atoms with Crippen LogP contribution in [0.3, 0.4) is 0 Å². The first-order chi connectivity index (χ1) is 8.20. The van der Waals surface area contributed by atoms with Crippen LogP contribution < -0.4 is 10.5 Å². The highest BCUT2D eigenvalue weighted by atomic mass is 16.5. The molecule has 4 nitrogen and oxygen atoms in total. The maximum atomic E-state index is 5.74. The van der Waals surface area contributed by atoms with Gasteiger partial charge in [-0.3, -0.25) is 0 Å². The van der Waals surface area contributed by atoms with Crippen LogP contribution in [0.1, 0.15) is 0 Å². The molecule has 0 fully saturated rings. The monoisotopic (exact) mass is 227 g/mol. The van der Waals surface area contributed by atoms with E-state index in [1.165, 1.54) is 0 Å². The summed E-state index contributed by atoms with van der Waals surface area (Å²) in [5, 5.41) is 2.24. The highest BCUT2D eigenvalue weighted by Gasteiger charge is 2.09. The molecule has 3 aromatic rings. The summed E-state index contributed by atoms with van der Waals surface area (Å²) in [4.78, 5) is 4.13. The number of nitrogens with zero attached hydrogens (tertiary/aromatic N) is 2. The van der Waals surface area contributed by atoms with Gasteiger partial charge >= 0.3 is 0 Å². The third-order valence-corrected chi connectivity index (χ3v) is 3.12. The van der Waals surface area contributed by atoms with E-state index in [1.54, 1.807) is 13.3 Å². The van der Waals surface area contributed by atoms with Gasteiger partial charge in [0, 0.05) is 23.3 Å². The molecule has 0 atom stereocenters. The molecule has 0 unspecified atom stereocenters. The van der Waals surface area contributed by atoms with Crippen LogP contribution in [0.25, 0.3) is 21.8 Å². The molecule has 3 rings (SSSR count). The van der Waals surface area contributed by atoms with Crippen molar-refractivity contribution in [1.82, 2.24) is 9.55 Å². The summed E-state index contributed by atoms with van der Waals surface area (Å²) in [5.41, 5.74) is 7.96. The van der Waals surface area contributed by atoms with E-state index in [9.17, 15) is 0 Å². The van der Waals surface area contributed by atoms with Gasteiger partial charge in [-0.05, 0) is 24.3 Å². The molecule has 0 aliphatic carbocycles. The number of aromatic nitrogens is 2. The summed E-state index contributed by atoms with van der Waals surface area (Å²) >= 11 is 0. The second-order valence-electron chi connectivity index (χ2n) is 4.07. The maximum absolute atomic E-state index is 5.74. The Balaban J connectivity index is 2.51. The highest BCUT2D eigenvalue weighted by molar-refractivity contribution is 6.08. The van der Waals surface area contributed by atoms with Crippen molar-refractivity contribution in [2.75, 3.05) is 12.8 Å². The number of nitrogens with two attached hydrogens (primary N) is 1. The standard InChI is InChI=1S/C13H13N3O/c1-16-11-4-3-8(17-2)5-9(11)10-6-13(14)15-7-12(10)16/h3-7H,1-2H3,(H2,14,15). The average molecular weight is 227 g/mol. The predicted molar refractivity (Wildman–Crippen MR) is 69.2 cm³/mol. The Labute approximate surface area is 98.6 Å². The van der Waals surface area contributed by atoms with Crippen LogP contribution in [-0.2, 0) is 7.05 Å². The first kappa shape index (κ1) is 9.96. The van der Waals surface area contributed by atoms with Crippen molar-refractivity contribution in [1.29, 1.82) is 0 Å². The van der Waals surface area contributed by atoms with E-state index in [-0.39, 0.29) is 0 Å². The lowest BCUT2D eigenvalue weighted by molar-refractivity contribution is 0.415. The van der Waals surface area contributed by atoms with Gasteiger partial charge in [-0.2, -0.15) is 0 Å². The topological polar surface area (TPSA) is 53.1 Å². The molecule has 0 saturated heterocycles. The predicted octanol–water partition coefficient (Wildman–Crippen LogP) is 2.32. The Morgan fingerprint density at radius 1 is 1.18 bits per heavy atom. The minimum atomic E-state index is 0.535. The van der Waals surface area contributed by atoms with Crippen LogP contribution in [0.4, 0.5) is 5.82 Å². The van der Waals surface area contributed by atoms with Crippen molar-refractivity contribution in [3.05, 3.63) is 30.5 Å². The highest BCUT2D eigenvalue weighted by Crippen LogP contribution is 2.31. The fraction of sp³-hybridized carbons (Fsp3) is 0.154. The minimum absolute atomic E-state index is 0.535. The molecule has 2 heterocycles. The Hall–Kier alpha value is -2.23. The Bertz CT molecular complexity index is 715. The maximum Gasteiger partial charge on any atom is 0.124 e. The molecule has 2 N–H and O–H groups in total. The van der Waals surface area contributed by atoms with Gasteiger partial charge in [-0.15, -0.1) is 0 Å². The van der Waals surface area contributed by atoms with Crippen LogP contribution in [0, 0.1) is 0 Å². The van der Waals surface area contributed by atoms with E-state index in [0.717, 1.165) is 27.6 Å². The van der Waals surface area contributed by atoms with Crippen molar-refractivity contribution in [2.24, 2.45) is 7.05 Å². The summed E-state index contributed by atoms with van der Waals surface area (Å²) < 4.78 is 7.36. The van der Waals surface area contributed by atoms with Crippen LogP contribution >= 0.6 is 0 Å². The third-order valence-electron chi connectivity index (χ3n) is 3.12. The summed E-state index contributed by atoms with van der Waals surface area (Å²) in [6.45, 7) is 0. The number of pyridine rings is 1. The van der Waals surface area contributed by atoms with E-state index in [4.69, 9.17) is 10.5 Å². The lowest BCUT2D eigenvalue weighted by Gasteiger charge is -2.00. The van der Waals surface area contributed by atoms with Crippen LogP contribution in [0.2, 0.25) is 0 Å². The fourth-order valence-corrected chi connectivity index (χ4v) is 2.23. The quantitative estimate of drug-likeness (QED) is 0.694. The fourth-order valence-electron chi connectivity index (χ4n) is 2.23. The normalized spacial score (nSPS) is 11.2. The van der Waals surface area contributed by atoms with Gasteiger partial charge in [0.2, 0.25) is 0 Å². The molecule has 4 heteroatoms. The summed E-state index contributed by atoms with van der Waals surface area (Å²) in [5.74, 6) is 1.38. The van der Waals surface area contributed by atoms with Gasteiger partial charge in [-0.1, -0.05) is 0 Å². The molecule has 86 valence electrons. The molecule has 0 aliphatic rings. The first-order valence-corrected chi connectivity index (χ1v) is 5.38. The molecule has 1 aromatic carbocycles. The number of methoxy groups -OCH3 is 1. The van der Waals surface area contributed by atoms with Crippen molar-refractivity contribution in [2.45, 2.75) is 0 Å². The van der Waals surface area contributed by atoms with Crippen LogP contribution in [-0.4, -0.2) is 16.7 Å². The SMILES string of the molecule is COc1ccc2c(c1)c1cc(N)ncc1n2C. The minimum Gasteiger partial charge on any atom is -0.497 e. The number of anilines is 1. The molecule has 17 heavy (non-hydrogen) atoms. The summed E-state index contributed by atoms with van der Waals surface area (Å²) in [6.07, 6.45) is 1.80. The smallest absolute Gasteiger partial charge is 0.124 e. The Morgan fingerprint density at radius 3 is 2.71 bits per heavy atom. The van der Waals surface area contributed by atoms with E-state index in [0.29, 0.717) is 5.82 Å². The summed E-state index contributed by atoms with van der Waals surface area (Å²) in [6, 6.07) is 7.93. The molecule has 0 saturated carbocycles. The van der Waals surface area contributed by atoms with Gasteiger partial charge < -0.3 is 15.0 Å².